The monoisotopic (exact) mass is 377 g/mol. The summed E-state index contributed by atoms with van der Waals surface area (Å²) >= 11 is 0. The van der Waals surface area contributed by atoms with E-state index in [1.165, 1.54) is 22.7 Å². The molecule has 0 saturated carbocycles. The molecule has 1 amide bonds. The van der Waals surface area contributed by atoms with Crippen molar-refractivity contribution in [3.63, 3.8) is 0 Å². The summed E-state index contributed by atoms with van der Waals surface area (Å²) in [5.41, 5.74) is 2.82. The van der Waals surface area contributed by atoms with Gasteiger partial charge in [0.05, 0.1) is 18.5 Å². The van der Waals surface area contributed by atoms with Crippen LogP contribution in [0, 0.1) is 0 Å². The largest absolute Gasteiger partial charge is 0.467 e. The summed E-state index contributed by atoms with van der Waals surface area (Å²) < 4.78 is 7.72. The first kappa shape index (κ1) is 17.7. The van der Waals surface area contributed by atoms with E-state index in [9.17, 15) is 9.59 Å². The fourth-order valence-electron chi connectivity index (χ4n) is 2.89. The Morgan fingerprint density at radius 3 is 2.75 bits per heavy atom. The number of benzene rings is 1. The third-order valence-electron chi connectivity index (χ3n) is 4.48. The van der Waals surface area contributed by atoms with Crippen molar-refractivity contribution in [3.05, 3.63) is 76.7 Å². The fraction of sp³-hybridized carbons (Fsp3) is 0.200. The van der Waals surface area contributed by atoms with Crippen LogP contribution in [0.1, 0.15) is 18.2 Å². The van der Waals surface area contributed by atoms with Gasteiger partial charge in [-0.1, -0.05) is 31.2 Å². The molecular formula is C20H19N5O3. The Hall–Kier alpha value is -3.68. The van der Waals surface area contributed by atoms with Gasteiger partial charge in [-0.2, -0.15) is 10.2 Å². The van der Waals surface area contributed by atoms with Crippen LogP contribution >= 0.6 is 0 Å². The van der Waals surface area contributed by atoms with Crippen molar-refractivity contribution in [1.82, 2.24) is 24.7 Å². The van der Waals surface area contributed by atoms with Crippen LogP contribution in [0.5, 0.6) is 0 Å². The van der Waals surface area contributed by atoms with Crippen molar-refractivity contribution in [1.29, 1.82) is 0 Å². The molecule has 0 unspecified atom stereocenters. The fourth-order valence-corrected chi connectivity index (χ4v) is 2.89. The number of fused-ring (bicyclic) bond motifs is 1. The van der Waals surface area contributed by atoms with Gasteiger partial charge in [-0.3, -0.25) is 9.59 Å². The minimum atomic E-state index is -0.375. The number of nitrogens with one attached hydrogen (secondary N) is 1. The van der Waals surface area contributed by atoms with Gasteiger partial charge in [-0.25, -0.2) is 9.20 Å². The van der Waals surface area contributed by atoms with E-state index in [0.717, 1.165) is 16.7 Å². The highest BCUT2D eigenvalue weighted by Gasteiger charge is 2.12. The van der Waals surface area contributed by atoms with E-state index in [-0.39, 0.29) is 24.6 Å². The number of nitrogens with zero attached hydrogens (tertiary/aromatic N) is 4. The highest BCUT2D eigenvalue weighted by atomic mass is 16.3. The molecule has 1 aromatic carbocycles. The van der Waals surface area contributed by atoms with Gasteiger partial charge in [0, 0.05) is 5.56 Å². The molecule has 0 saturated heterocycles. The van der Waals surface area contributed by atoms with Crippen LogP contribution in [0.15, 0.2) is 64.3 Å². The zero-order valence-electron chi connectivity index (χ0n) is 15.3. The second kappa shape index (κ2) is 7.51. The van der Waals surface area contributed by atoms with Crippen molar-refractivity contribution in [2.75, 3.05) is 0 Å². The maximum Gasteiger partial charge on any atom is 0.293 e. The van der Waals surface area contributed by atoms with E-state index in [0.29, 0.717) is 17.0 Å². The van der Waals surface area contributed by atoms with Crippen molar-refractivity contribution < 1.29 is 9.21 Å². The molecule has 0 radical (unpaired) electrons. The summed E-state index contributed by atoms with van der Waals surface area (Å²) in [6.45, 7) is 2.17. The van der Waals surface area contributed by atoms with Gasteiger partial charge in [0.1, 0.15) is 24.1 Å². The predicted molar refractivity (Wildman–Crippen MR) is 103 cm³/mol. The smallest absolute Gasteiger partial charge is 0.293 e. The van der Waals surface area contributed by atoms with Crippen LogP contribution in [0.4, 0.5) is 0 Å². The van der Waals surface area contributed by atoms with Gasteiger partial charge in [-0.15, -0.1) is 0 Å². The Labute approximate surface area is 160 Å². The molecule has 3 aromatic heterocycles. The highest BCUT2D eigenvalue weighted by molar-refractivity contribution is 5.75. The molecule has 0 aliphatic rings. The third kappa shape index (κ3) is 3.57. The van der Waals surface area contributed by atoms with Crippen LogP contribution in [-0.4, -0.2) is 25.3 Å². The standard InChI is InChI=1S/C20H19N5O3/c1-2-14-5-7-15(8-6-14)17-10-18-20(27)24(22-13-25(18)23-17)12-19(26)21-11-16-4-3-9-28-16/h3-10,13H,2,11-12H2,1H3,(H,21,26). The topological polar surface area (TPSA) is 94.4 Å². The van der Waals surface area contributed by atoms with E-state index >= 15 is 0 Å². The van der Waals surface area contributed by atoms with Crippen molar-refractivity contribution in [3.8, 4) is 11.3 Å². The van der Waals surface area contributed by atoms with Crippen LogP contribution in [0.25, 0.3) is 16.8 Å². The van der Waals surface area contributed by atoms with Gasteiger partial charge in [-0.05, 0) is 30.2 Å². The summed E-state index contributed by atoms with van der Waals surface area (Å²) in [6.07, 6.45) is 3.93. The molecule has 4 aromatic rings. The van der Waals surface area contributed by atoms with E-state index in [1.807, 2.05) is 24.3 Å². The number of rotatable bonds is 6. The molecule has 1 N–H and O–H groups in total. The van der Waals surface area contributed by atoms with Crippen LogP contribution < -0.4 is 10.9 Å². The lowest BCUT2D eigenvalue weighted by Crippen LogP contribution is -2.33. The number of carbonyl (C=O) groups is 1. The number of aryl methyl sites for hydroxylation is 1. The first-order valence-electron chi connectivity index (χ1n) is 8.98. The average molecular weight is 377 g/mol. The van der Waals surface area contributed by atoms with Gasteiger partial charge < -0.3 is 9.73 Å². The van der Waals surface area contributed by atoms with Crippen molar-refractivity contribution >= 4 is 11.4 Å². The quantitative estimate of drug-likeness (QED) is 0.555. The number of hydrogen-bond acceptors (Lipinski definition) is 5. The van der Waals surface area contributed by atoms with Crippen LogP contribution in [0.3, 0.4) is 0 Å². The molecule has 0 fully saturated rings. The van der Waals surface area contributed by atoms with Gasteiger partial charge in [0.2, 0.25) is 5.91 Å². The zero-order chi connectivity index (χ0) is 19.5. The minimum Gasteiger partial charge on any atom is -0.467 e. The number of aromatic nitrogens is 4. The van der Waals surface area contributed by atoms with E-state index in [2.05, 4.69) is 22.4 Å². The Balaban J connectivity index is 1.54. The summed E-state index contributed by atoms with van der Waals surface area (Å²) in [5.74, 6) is 0.309. The highest BCUT2D eigenvalue weighted by Crippen LogP contribution is 2.19. The molecule has 8 nitrogen and oxygen atoms in total. The Kier molecular flexibility index (Phi) is 4.76. The molecule has 0 atom stereocenters. The number of furan rings is 1. The third-order valence-corrected chi connectivity index (χ3v) is 4.48. The van der Waals surface area contributed by atoms with E-state index < -0.39 is 0 Å². The second-order valence-corrected chi connectivity index (χ2v) is 6.36. The molecule has 28 heavy (non-hydrogen) atoms. The van der Waals surface area contributed by atoms with E-state index in [1.54, 1.807) is 18.2 Å². The normalized spacial score (nSPS) is 11.0. The first-order valence-corrected chi connectivity index (χ1v) is 8.98. The lowest BCUT2D eigenvalue weighted by Gasteiger charge is -2.05. The van der Waals surface area contributed by atoms with Gasteiger partial charge in [0.15, 0.2) is 0 Å². The maximum absolute atomic E-state index is 12.7. The van der Waals surface area contributed by atoms with Crippen LogP contribution in [0.2, 0.25) is 0 Å². The van der Waals surface area contributed by atoms with Gasteiger partial charge in [0.25, 0.3) is 5.56 Å². The molecule has 0 bridgehead atoms. The average Bonchev–Trinajstić information content (AvgIpc) is 3.39. The Morgan fingerprint density at radius 1 is 1.21 bits per heavy atom. The second-order valence-electron chi connectivity index (χ2n) is 6.36. The van der Waals surface area contributed by atoms with Crippen LogP contribution in [-0.2, 0) is 24.3 Å². The molecule has 8 heteroatoms. The zero-order valence-corrected chi connectivity index (χ0v) is 15.3. The maximum atomic E-state index is 12.7. The molecule has 3 heterocycles. The SMILES string of the molecule is CCc1ccc(-c2cc3c(=O)n(CC(=O)NCc4ccco4)ncn3n2)cc1. The minimum absolute atomic E-state index is 0.179. The number of amides is 1. The predicted octanol–water partition coefficient (Wildman–Crippen LogP) is 2.03. The molecule has 4 rings (SSSR count). The first-order chi connectivity index (χ1) is 13.6. The molecule has 0 aliphatic carbocycles. The Morgan fingerprint density at radius 2 is 2.04 bits per heavy atom. The summed E-state index contributed by atoms with van der Waals surface area (Å²) in [5, 5.41) is 11.2. The lowest BCUT2D eigenvalue weighted by atomic mass is 10.1. The molecular weight excluding hydrogens is 358 g/mol. The van der Waals surface area contributed by atoms with Gasteiger partial charge >= 0.3 is 0 Å². The molecule has 142 valence electrons. The summed E-state index contributed by atoms with van der Waals surface area (Å²) in [4.78, 5) is 24.8. The molecule has 0 spiro atoms. The van der Waals surface area contributed by atoms with Crippen molar-refractivity contribution in [2.45, 2.75) is 26.4 Å². The van der Waals surface area contributed by atoms with Crippen molar-refractivity contribution in [2.24, 2.45) is 0 Å². The summed E-state index contributed by atoms with van der Waals surface area (Å²) in [7, 11) is 0. The lowest BCUT2D eigenvalue weighted by molar-refractivity contribution is -0.122. The Bertz CT molecular complexity index is 1160. The van der Waals surface area contributed by atoms with E-state index in [4.69, 9.17) is 4.42 Å². The summed E-state index contributed by atoms with van der Waals surface area (Å²) in [6, 6.07) is 13.3. The molecule has 0 aliphatic heterocycles. The number of carbonyl (C=O) groups excluding carboxylic acids is 1. The number of hydrogen-bond donors (Lipinski definition) is 1.